The second-order valence-corrected chi connectivity index (χ2v) is 5.60. The van der Waals surface area contributed by atoms with Gasteiger partial charge in [0.15, 0.2) is 17.3 Å². The Hall–Kier alpha value is -4.14. The van der Waals surface area contributed by atoms with Crippen molar-refractivity contribution in [1.29, 1.82) is 0 Å². The number of hydrogen-bond donors (Lipinski definition) is 1. The van der Waals surface area contributed by atoms with Crippen molar-refractivity contribution < 1.29 is 4.92 Å². The maximum Gasteiger partial charge on any atom is 0.269 e. The molecule has 9 nitrogen and oxygen atoms in total. The van der Waals surface area contributed by atoms with Gasteiger partial charge in [-0.15, -0.1) is 15.3 Å². The molecule has 0 atom stereocenters. The highest BCUT2D eigenvalue weighted by atomic mass is 16.6. The van der Waals surface area contributed by atoms with Gasteiger partial charge in [0.25, 0.3) is 5.69 Å². The summed E-state index contributed by atoms with van der Waals surface area (Å²) in [5, 5.41) is 27.5. The van der Waals surface area contributed by atoms with E-state index in [0.717, 1.165) is 11.1 Å². The Morgan fingerprint density at radius 1 is 1.00 bits per heavy atom. The van der Waals surface area contributed by atoms with Crippen molar-refractivity contribution in [3.8, 4) is 11.4 Å². The molecule has 0 unspecified atom stereocenters. The molecule has 0 fully saturated rings. The zero-order valence-corrected chi connectivity index (χ0v) is 13.9. The molecule has 4 aromatic rings. The van der Waals surface area contributed by atoms with Crippen molar-refractivity contribution in [2.45, 2.75) is 0 Å². The Balaban J connectivity index is 1.55. The third-order valence-electron chi connectivity index (χ3n) is 3.79. The summed E-state index contributed by atoms with van der Waals surface area (Å²) in [5.74, 6) is 1.14. The molecule has 27 heavy (non-hydrogen) atoms. The third kappa shape index (κ3) is 3.47. The highest BCUT2D eigenvalue weighted by Gasteiger charge is 2.09. The summed E-state index contributed by atoms with van der Waals surface area (Å²) in [6.45, 7) is 0. The van der Waals surface area contributed by atoms with Crippen molar-refractivity contribution in [3.05, 3.63) is 82.4 Å². The molecule has 0 aliphatic carbocycles. The molecule has 1 N–H and O–H groups in total. The quantitative estimate of drug-likeness (QED) is 0.333. The van der Waals surface area contributed by atoms with Gasteiger partial charge in [0, 0.05) is 17.7 Å². The predicted molar refractivity (Wildman–Crippen MR) is 101 cm³/mol. The van der Waals surface area contributed by atoms with Crippen molar-refractivity contribution in [3.63, 3.8) is 0 Å². The van der Waals surface area contributed by atoms with Crippen LogP contribution in [-0.2, 0) is 0 Å². The van der Waals surface area contributed by atoms with Crippen molar-refractivity contribution in [1.82, 2.24) is 19.8 Å². The number of fused-ring (bicyclic) bond motifs is 1. The molecule has 2 aromatic carbocycles. The number of anilines is 1. The van der Waals surface area contributed by atoms with Gasteiger partial charge in [-0.1, -0.05) is 30.3 Å². The topological polar surface area (TPSA) is 111 Å². The number of non-ortho nitro benzene ring substituents is 1. The Labute approximate surface area is 153 Å². The van der Waals surface area contributed by atoms with Gasteiger partial charge in [-0.05, 0) is 29.8 Å². The molecular weight excluding hydrogens is 346 g/mol. The number of nitro groups is 1. The minimum Gasteiger partial charge on any atom is -0.260 e. The van der Waals surface area contributed by atoms with E-state index in [9.17, 15) is 10.1 Å². The van der Waals surface area contributed by atoms with E-state index in [1.54, 1.807) is 35.0 Å². The molecule has 2 heterocycles. The second-order valence-electron chi connectivity index (χ2n) is 5.60. The van der Waals surface area contributed by atoms with Gasteiger partial charge in [-0.3, -0.25) is 15.5 Å². The van der Waals surface area contributed by atoms with Crippen LogP contribution in [0.2, 0.25) is 0 Å². The van der Waals surface area contributed by atoms with Crippen LogP contribution in [0.5, 0.6) is 0 Å². The normalized spacial score (nSPS) is 11.1. The minimum absolute atomic E-state index is 0.0354. The summed E-state index contributed by atoms with van der Waals surface area (Å²) < 4.78 is 1.64. The predicted octanol–water partition coefficient (Wildman–Crippen LogP) is 3.15. The average Bonchev–Trinajstić information content (AvgIpc) is 3.12. The first-order valence-corrected chi connectivity index (χ1v) is 8.02. The summed E-state index contributed by atoms with van der Waals surface area (Å²) in [5.41, 5.74) is 5.13. The molecule has 0 aliphatic heterocycles. The molecule has 9 heteroatoms. The lowest BCUT2D eigenvalue weighted by Crippen LogP contribution is -2.00. The van der Waals surface area contributed by atoms with Crippen LogP contribution in [0.3, 0.4) is 0 Å². The highest BCUT2D eigenvalue weighted by molar-refractivity contribution is 5.80. The Kier molecular flexibility index (Phi) is 4.24. The fourth-order valence-electron chi connectivity index (χ4n) is 2.47. The maximum absolute atomic E-state index is 10.7. The highest BCUT2D eigenvalue weighted by Crippen LogP contribution is 2.18. The zero-order chi connectivity index (χ0) is 18.6. The summed E-state index contributed by atoms with van der Waals surface area (Å²) in [6.07, 6.45) is 1.56. The summed E-state index contributed by atoms with van der Waals surface area (Å²) in [7, 11) is 0. The first kappa shape index (κ1) is 16.3. The summed E-state index contributed by atoms with van der Waals surface area (Å²) in [4.78, 5) is 10.2. The summed E-state index contributed by atoms with van der Waals surface area (Å²) >= 11 is 0. The van der Waals surface area contributed by atoms with E-state index in [4.69, 9.17) is 0 Å². The fraction of sp³-hybridized carbons (Fsp3) is 0. The molecule has 0 bridgehead atoms. The largest absolute Gasteiger partial charge is 0.269 e. The van der Waals surface area contributed by atoms with E-state index in [1.807, 2.05) is 30.3 Å². The molecule has 4 rings (SSSR count). The van der Waals surface area contributed by atoms with Crippen molar-refractivity contribution >= 4 is 23.4 Å². The number of nitrogens with one attached hydrogen (secondary N) is 1. The van der Waals surface area contributed by atoms with Crippen LogP contribution < -0.4 is 5.43 Å². The molecule has 132 valence electrons. The number of hydrazone groups is 1. The van der Waals surface area contributed by atoms with Gasteiger partial charge in [0.05, 0.1) is 11.1 Å². The van der Waals surface area contributed by atoms with Crippen LogP contribution >= 0.6 is 0 Å². The Bertz CT molecular complexity index is 1120. The lowest BCUT2D eigenvalue weighted by atomic mass is 10.2. The van der Waals surface area contributed by atoms with E-state index in [-0.39, 0.29) is 5.69 Å². The number of nitro benzene ring substituents is 1. The SMILES string of the molecule is O=[N+]([O-])c1ccc(/C=N/Nc2ccc3nnc(-c4ccccc4)n3n2)cc1. The van der Waals surface area contributed by atoms with Crippen LogP contribution in [0.1, 0.15) is 5.56 Å². The van der Waals surface area contributed by atoms with Gasteiger partial charge < -0.3 is 0 Å². The standard InChI is InChI=1S/C18H13N7O2/c26-25(27)15-8-6-13(7-9-15)12-19-20-16-10-11-17-21-22-18(24(17)23-16)14-4-2-1-3-5-14/h1-12H,(H,20,23)/b19-12+. The number of rotatable bonds is 5. The van der Waals surface area contributed by atoms with Gasteiger partial charge in [0.2, 0.25) is 0 Å². The van der Waals surface area contributed by atoms with Gasteiger partial charge >= 0.3 is 0 Å². The first-order valence-electron chi connectivity index (χ1n) is 8.02. The monoisotopic (exact) mass is 359 g/mol. The maximum atomic E-state index is 10.7. The average molecular weight is 359 g/mol. The molecular formula is C18H13N7O2. The van der Waals surface area contributed by atoms with Crippen molar-refractivity contribution in [2.75, 3.05) is 5.43 Å². The zero-order valence-electron chi connectivity index (χ0n) is 13.9. The van der Waals surface area contributed by atoms with Crippen LogP contribution in [-0.4, -0.2) is 30.9 Å². The smallest absolute Gasteiger partial charge is 0.260 e. The molecule has 0 amide bonds. The number of hydrogen-bond acceptors (Lipinski definition) is 7. The Morgan fingerprint density at radius 3 is 2.52 bits per heavy atom. The molecule has 0 saturated heterocycles. The van der Waals surface area contributed by atoms with E-state index in [2.05, 4.69) is 25.8 Å². The Morgan fingerprint density at radius 2 is 1.78 bits per heavy atom. The number of benzene rings is 2. The summed E-state index contributed by atoms with van der Waals surface area (Å²) in [6, 6.07) is 19.3. The second kappa shape index (κ2) is 7.00. The van der Waals surface area contributed by atoms with Gasteiger partial charge in [-0.25, -0.2) is 0 Å². The molecule has 0 saturated carbocycles. The molecule has 0 radical (unpaired) electrons. The van der Waals surface area contributed by atoms with E-state index in [0.29, 0.717) is 17.3 Å². The lowest BCUT2D eigenvalue weighted by Gasteiger charge is -2.02. The van der Waals surface area contributed by atoms with Crippen LogP contribution in [0, 0.1) is 10.1 Å². The van der Waals surface area contributed by atoms with Crippen LogP contribution in [0.15, 0.2) is 71.8 Å². The fourth-order valence-corrected chi connectivity index (χ4v) is 2.47. The van der Waals surface area contributed by atoms with Crippen LogP contribution in [0.4, 0.5) is 11.5 Å². The van der Waals surface area contributed by atoms with Gasteiger partial charge in [-0.2, -0.15) is 9.62 Å². The number of nitrogens with zero attached hydrogens (tertiary/aromatic N) is 6. The number of aromatic nitrogens is 4. The minimum atomic E-state index is -0.443. The van der Waals surface area contributed by atoms with Crippen LogP contribution in [0.25, 0.3) is 17.0 Å². The van der Waals surface area contributed by atoms with E-state index in [1.165, 1.54) is 12.1 Å². The van der Waals surface area contributed by atoms with E-state index < -0.39 is 4.92 Å². The first-order chi connectivity index (χ1) is 13.2. The third-order valence-corrected chi connectivity index (χ3v) is 3.79. The molecule has 0 aliphatic rings. The lowest BCUT2D eigenvalue weighted by molar-refractivity contribution is -0.384. The molecule has 2 aromatic heterocycles. The van der Waals surface area contributed by atoms with E-state index >= 15 is 0 Å². The van der Waals surface area contributed by atoms with Crippen molar-refractivity contribution in [2.24, 2.45) is 5.10 Å². The molecule has 0 spiro atoms. The van der Waals surface area contributed by atoms with Gasteiger partial charge in [0.1, 0.15) is 0 Å².